The lowest BCUT2D eigenvalue weighted by Gasteiger charge is -2.26. The lowest BCUT2D eigenvalue weighted by molar-refractivity contribution is -0.127. The third kappa shape index (κ3) is 4.06. The Bertz CT molecular complexity index is 258. The summed E-state index contributed by atoms with van der Waals surface area (Å²) in [6.45, 7) is 6.87. The van der Waals surface area contributed by atoms with Crippen LogP contribution in [0.15, 0.2) is 0 Å². The Kier molecular flexibility index (Phi) is 6.52. The first-order valence-electron chi connectivity index (χ1n) is 5.45. The molecular formula is C11H22N2O2S. The standard InChI is InChI=1S/C11H22N2O2S/c1-5-11(3,9(12)16)10(14)13-6-8(2)7-15-4/h8H,5-7H2,1-4H3,(H2,12,16)(H,13,14). The summed E-state index contributed by atoms with van der Waals surface area (Å²) in [6.07, 6.45) is 0.604. The molecule has 4 nitrogen and oxygen atoms in total. The molecule has 0 fully saturated rings. The third-order valence-corrected chi connectivity index (χ3v) is 3.26. The lowest BCUT2D eigenvalue weighted by Crippen LogP contribution is -2.47. The maximum absolute atomic E-state index is 11.9. The van der Waals surface area contributed by atoms with Crippen LogP contribution in [0.1, 0.15) is 27.2 Å². The van der Waals surface area contributed by atoms with Crippen molar-refractivity contribution >= 4 is 23.1 Å². The van der Waals surface area contributed by atoms with Gasteiger partial charge in [-0.2, -0.15) is 0 Å². The molecule has 0 aliphatic rings. The Morgan fingerprint density at radius 2 is 2.19 bits per heavy atom. The average Bonchev–Trinajstić information content (AvgIpc) is 2.24. The van der Waals surface area contributed by atoms with Gasteiger partial charge < -0.3 is 15.8 Å². The molecule has 0 aromatic carbocycles. The van der Waals surface area contributed by atoms with Crippen molar-refractivity contribution in [1.82, 2.24) is 5.32 Å². The minimum atomic E-state index is -0.748. The topological polar surface area (TPSA) is 64.3 Å². The van der Waals surface area contributed by atoms with Crippen LogP contribution in [0.4, 0.5) is 0 Å². The number of carbonyl (C=O) groups excluding carboxylic acids is 1. The van der Waals surface area contributed by atoms with Crippen LogP contribution in [0.2, 0.25) is 0 Å². The number of ether oxygens (including phenoxy) is 1. The molecule has 2 unspecified atom stereocenters. The van der Waals surface area contributed by atoms with Gasteiger partial charge in [0, 0.05) is 13.7 Å². The maximum atomic E-state index is 11.9. The number of rotatable bonds is 7. The second-order valence-electron chi connectivity index (χ2n) is 4.32. The molecule has 16 heavy (non-hydrogen) atoms. The van der Waals surface area contributed by atoms with Gasteiger partial charge >= 0.3 is 0 Å². The number of nitrogens with one attached hydrogen (secondary N) is 1. The van der Waals surface area contributed by atoms with Gasteiger partial charge in [0.15, 0.2) is 0 Å². The number of hydrogen-bond donors (Lipinski definition) is 2. The Morgan fingerprint density at radius 1 is 1.62 bits per heavy atom. The molecule has 0 aromatic heterocycles. The highest BCUT2D eigenvalue weighted by atomic mass is 32.1. The molecule has 0 rings (SSSR count). The quantitative estimate of drug-likeness (QED) is 0.660. The summed E-state index contributed by atoms with van der Waals surface area (Å²) < 4.78 is 4.99. The lowest BCUT2D eigenvalue weighted by atomic mass is 9.86. The fourth-order valence-corrected chi connectivity index (χ4v) is 1.49. The number of thiocarbonyl (C=S) groups is 1. The summed E-state index contributed by atoms with van der Waals surface area (Å²) in [5.41, 5.74) is 4.85. The highest BCUT2D eigenvalue weighted by Crippen LogP contribution is 2.21. The molecule has 0 heterocycles. The zero-order valence-corrected chi connectivity index (χ0v) is 11.3. The SMILES string of the molecule is CCC(C)(C(=O)NCC(C)COC)C(N)=S. The zero-order chi connectivity index (χ0) is 12.8. The van der Waals surface area contributed by atoms with Gasteiger partial charge in [0.2, 0.25) is 5.91 Å². The summed E-state index contributed by atoms with van der Waals surface area (Å²) in [5, 5.41) is 2.85. The van der Waals surface area contributed by atoms with Gasteiger partial charge in [0.05, 0.1) is 17.0 Å². The van der Waals surface area contributed by atoms with E-state index >= 15 is 0 Å². The van der Waals surface area contributed by atoms with Crippen molar-refractivity contribution < 1.29 is 9.53 Å². The van der Waals surface area contributed by atoms with Gasteiger partial charge in [0.1, 0.15) is 0 Å². The number of hydrogen-bond acceptors (Lipinski definition) is 3. The van der Waals surface area contributed by atoms with Crippen LogP contribution in [0.25, 0.3) is 0 Å². The molecule has 0 saturated heterocycles. The largest absolute Gasteiger partial charge is 0.392 e. The van der Waals surface area contributed by atoms with Crippen molar-refractivity contribution in [2.24, 2.45) is 17.1 Å². The van der Waals surface area contributed by atoms with Crippen molar-refractivity contribution in [3.8, 4) is 0 Å². The van der Waals surface area contributed by atoms with E-state index in [4.69, 9.17) is 22.7 Å². The molecular weight excluding hydrogens is 224 g/mol. The minimum Gasteiger partial charge on any atom is -0.392 e. The van der Waals surface area contributed by atoms with Crippen molar-refractivity contribution in [3.63, 3.8) is 0 Å². The van der Waals surface area contributed by atoms with E-state index in [-0.39, 0.29) is 16.8 Å². The molecule has 0 aromatic rings. The Morgan fingerprint density at radius 3 is 2.56 bits per heavy atom. The Balaban J connectivity index is 4.29. The van der Waals surface area contributed by atoms with Gasteiger partial charge in [-0.25, -0.2) is 0 Å². The molecule has 3 N–H and O–H groups in total. The summed E-state index contributed by atoms with van der Waals surface area (Å²) in [5.74, 6) is 0.173. The number of methoxy groups -OCH3 is 1. The van der Waals surface area contributed by atoms with Crippen molar-refractivity contribution in [3.05, 3.63) is 0 Å². The van der Waals surface area contributed by atoms with Gasteiger partial charge in [0.25, 0.3) is 0 Å². The van der Waals surface area contributed by atoms with Crippen molar-refractivity contribution in [2.45, 2.75) is 27.2 Å². The second-order valence-corrected chi connectivity index (χ2v) is 4.76. The number of amides is 1. The smallest absolute Gasteiger partial charge is 0.232 e. The molecule has 0 aliphatic carbocycles. The van der Waals surface area contributed by atoms with Crippen LogP contribution in [0.3, 0.4) is 0 Å². The molecule has 0 aliphatic heterocycles. The summed E-state index contributed by atoms with van der Waals surface area (Å²) in [6, 6.07) is 0. The van der Waals surface area contributed by atoms with Crippen LogP contribution in [-0.4, -0.2) is 31.2 Å². The molecule has 0 saturated carbocycles. The predicted molar refractivity (Wildman–Crippen MR) is 69.2 cm³/mol. The molecule has 94 valence electrons. The van der Waals surface area contributed by atoms with Crippen molar-refractivity contribution in [1.29, 1.82) is 0 Å². The van der Waals surface area contributed by atoms with Crippen LogP contribution < -0.4 is 11.1 Å². The minimum absolute atomic E-state index is 0.106. The van der Waals surface area contributed by atoms with E-state index < -0.39 is 5.41 Å². The van der Waals surface area contributed by atoms with Crippen LogP contribution in [-0.2, 0) is 9.53 Å². The van der Waals surface area contributed by atoms with Gasteiger partial charge in [-0.1, -0.05) is 26.1 Å². The van der Waals surface area contributed by atoms with Gasteiger partial charge in [-0.05, 0) is 19.3 Å². The highest BCUT2D eigenvalue weighted by molar-refractivity contribution is 7.80. The Labute approximate surface area is 103 Å². The third-order valence-electron chi connectivity index (χ3n) is 2.81. The van der Waals surface area contributed by atoms with Crippen LogP contribution in [0.5, 0.6) is 0 Å². The first-order valence-corrected chi connectivity index (χ1v) is 5.86. The molecule has 2 atom stereocenters. The summed E-state index contributed by atoms with van der Waals surface area (Å²) in [4.78, 5) is 12.2. The summed E-state index contributed by atoms with van der Waals surface area (Å²) >= 11 is 4.93. The van der Waals surface area contributed by atoms with Gasteiger partial charge in [-0.15, -0.1) is 0 Å². The van der Waals surface area contributed by atoms with E-state index in [1.54, 1.807) is 14.0 Å². The van der Waals surface area contributed by atoms with Crippen molar-refractivity contribution in [2.75, 3.05) is 20.3 Å². The normalized spacial score (nSPS) is 16.2. The number of carbonyl (C=O) groups is 1. The average molecular weight is 246 g/mol. The molecule has 1 amide bonds. The fourth-order valence-electron chi connectivity index (χ4n) is 1.25. The van der Waals surface area contributed by atoms with E-state index in [0.29, 0.717) is 19.6 Å². The van der Waals surface area contributed by atoms with E-state index in [1.165, 1.54) is 0 Å². The Hall–Kier alpha value is -0.680. The second kappa shape index (κ2) is 6.81. The van der Waals surface area contributed by atoms with E-state index in [9.17, 15) is 4.79 Å². The van der Waals surface area contributed by atoms with E-state index in [1.807, 2.05) is 13.8 Å². The van der Waals surface area contributed by atoms with Gasteiger partial charge in [-0.3, -0.25) is 4.79 Å². The highest BCUT2D eigenvalue weighted by Gasteiger charge is 2.34. The summed E-state index contributed by atoms with van der Waals surface area (Å²) in [7, 11) is 1.64. The fraction of sp³-hybridized carbons (Fsp3) is 0.818. The molecule has 0 spiro atoms. The first kappa shape index (κ1) is 15.3. The van der Waals surface area contributed by atoms with E-state index in [0.717, 1.165) is 0 Å². The molecule has 0 radical (unpaired) electrons. The van der Waals surface area contributed by atoms with Crippen LogP contribution >= 0.6 is 12.2 Å². The first-order chi connectivity index (χ1) is 7.38. The number of nitrogens with two attached hydrogens (primary N) is 1. The monoisotopic (exact) mass is 246 g/mol. The molecule has 0 bridgehead atoms. The van der Waals surface area contributed by atoms with E-state index in [2.05, 4.69) is 5.32 Å². The zero-order valence-electron chi connectivity index (χ0n) is 10.5. The predicted octanol–water partition coefficient (Wildman–Crippen LogP) is 1.09. The maximum Gasteiger partial charge on any atom is 0.232 e. The molecule has 5 heteroatoms. The van der Waals surface area contributed by atoms with Crippen LogP contribution in [0, 0.1) is 11.3 Å².